The fraction of sp³-hybridized carbons (Fsp3) is 0.667. The minimum atomic E-state index is 0.311. The van der Waals surface area contributed by atoms with Gasteiger partial charge in [0.25, 0.3) is 0 Å². The second-order valence-corrected chi connectivity index (χ2v) is 6.33. The predicted octanol–water partition coefficient (Wildman–Crippen LogP) is 4.24. The summed E-state index contributed by atoms with van der Waals surface area (Å²) in [5, 5.41) is 3.67. The number of hydrogen-bond donors (Lipinski definition) is 1. The average molecular weight is 275 g/mol. The van der Waals surface area contributed by atoms with Crippen LogP contribution in [-0.2, 0) is 0 Å². The molecular formula is C18H29NO. The van der Waals surface area contributed by atoms with Gasteiger partial charge in [-0.15, -0.1) is 0 Å². The lowest BCUT2D eigenvalue weighted by Crippen LogP contribution is -2.47. The molecule has 2 heteroatoms. The van der Waals surface area contributed by atoms with Gasteiger partial charge in [-0.25, -0.2) is 0 Å². The maximum Gasteiger partial charge on any atom is 0.122 e. The molecule has 1 aromatic carbocycles. The zero-order chi connectivity index (χ0) is 14.5. The van der Waals surface area contributed by atoms with Crippen LogP contribution in [0.4, 0.5) is 0 Å². The van der Waals surface area contributed by atoms with E-state index in [-0.39, 0.29) is 0 Å². The lowest BCUT2D eigenvalue weighted by atomic mass is 9.85. The lowest BCUT2D eigenvalue weighted by molar-refractivity contribution is 0.0902. The SMILES string of the molecule is CCCNC1CCC(C)CC1Oc1cccc(C)c1C. The van der Waals surface area contributed by atoms with E-state index in [1.54, 1.807) is 0 Å². The Kier molecular flexibility index (Phi) is 5.47. The summed E-state index contributed by atoms with van der Waals surface area (Å²) in [5.74, 6) is 1.83. The highest BCUT2D eigenvalue weighted by Gasteiger charge is 2.30. The molecule has 3 atom stereocenters. The molecule has 0 aromatic heterocycles. The predicted molar refractivity (Wildman–Crippen MR) is 85.4 cm³/mol. The molecule has 3 unspecified atom stereocenters. The van der Waals surface area contributed by atoms with Crippen molar-refractivity contribution in [2.45, 2.75) is 65.5 Å². The summed E-state index contributed by atoms with van der Waals surface area (Å²) in [6, 6.07) is 6.86. The third-order valence-corrected chi connectivity index (χ3v) is 4.54. The number of hydrogen-bond acceptors (Lipinski definition) is 2. The van der Waals surface area contributed by atoms with Gasteiger partial charge in [0.05, 0.1) is 0 Å². The van der Waals surface area contributed by atoms with Gasteiger partial charge in [-0.05, 0) is 69.2 Å². The summed E-state index contributed by atoms with van der Waals surface area (Å²) in [7, 11) is 0. The maximum atomic E-state index is 6.38. The van der Waals surface area contributed by atoms with Crippen molar-refractivity contribution >= 4 is 0 Å². The normalized spacial score (nSPS) is 26.5. The first-order valence-electron chi connectivity index (χ1n) is 8.08. The Bertz CT molecular complexity index is 427. The summed E-state index contributed by atoms with van der Waals surface area (Å²) in [6.07, 6.45) is 5.20. The Morgan fingerprint density at radius 1 is 1.25 bits per heavy atom. The molecule has 20 heavy (non-hydrogen) atoms. The number of nitrogens with one attached hydrogen (secondary N) is 1. The zero-order valence-electron chi connectivity index (χ0n) is 13.4. The van der Waals surface area contributed by atoms with Gasteiger partial charge < -0.3 is 10.1 Å². The molecule has 1 fully saturated rings. The van der Waals surface area contributed by atoms with E-state index in [9.17, 15) is 0 Å². The second-order valence-electron chi connectivity index (χ2n) is 6.33. The van der Waals surface area contributed by atoms with Gasteiger partial charge in [-0.1, -0.05) is 26.0 Å². The Morgan fingerprint density at radius 3 is 2.80 bits per heavy atom. The van der Waals surface area contributed by atoms with Crippen LogP contribution in [0.2, 0.25) is 0 Å². The molecule has 0 spiro atoms. The van der Waals surface area contributed by atoms with Gasteiger partial charge in [0, 0.05) is 6.04 Å². The van der Waals surface area contributed by atoms with Gasteiger partial charge in [0.2, 0.25) is 0 Å². The van der Waals surface area contributed by atoms with Crippen LogP contribution in [0.3, 0.4) is 0 Å². The van der Waals surface area contributed by atoms with E-state index in [4.69, 9.17) is 4.74 Å². The fourth-order valence-electron chi connectivity index (χ4n) is 3.04. The monoisotopic (exact) mass is 275 g/mol. The van der Waals surface area contributed by atoms with E-state index in [1.807, 2.05) is 0 Å². The van der Waals surface area contributed by atoms with Crippen molar-refractivity contribution in [3.05, 3.63) is 29.3 Å². The van der Waals surface area contributed by atoms with Crippen molar-refractivity contribution in [3.8, 4) is 5.75 Å². The molecule has 1 aliphatic carbocycles. The van der Waals surface area contributed by atoms with Crippen LogP contribution in [0.1, 0.15) is 50.7 Å². The molecule has 2 rings (SSSR count). The van der Waals surface area contributed by atoms with Crippen LogP contribution in [0, 0.1) is 19.8 Å². The first-order valence-corrected chi connectivity index (χ1v) is 8.08. The van der Waals surface area contributed by atoms with Gasteiger partial charge >= 0.3 is 0 Å². The molecular weight excluding hydrogens is 246 g/mol. The third-order valence-electron chi connectivity index (χ3n) is 4.54. The third kappa shape index (κ3) is 3.76. The average Bonchev–Trinajstić information content (AvgIpc) is 2.43. The number of aryl methyl sites for hydroxylation is 1. The molecule has 0 amide bonds. The van der Waals surface area contributed by atoms with E-state index in [1.165, 1.54) is 30.4 Å². The van der Waals surface area contributed by atoms with Crippen molar-refractivity contribution in [2.75, 3.05) is 6.54 Å². The molecule has 0 heterocycles. The van der Waals surface area contributed by atoms with Crippen molar-refractivity contribution in [2.24, 2.45) is 5.92 Å². The van der Waals surface area contributed by atoms with Gasteiger partial charge in [-0.2, -0.15) is 0 Å². The van der Waals surface area contributed by atoms with Gasteiger partial charge in [-0.3, -0.25) is 0 Å². The molecule has 0 bridgehead atoms. The topological polar surface area (TPSA) is 21.3 Å². The Hall–Kier alpha value is -1.02. The van der Waals surface area contributed by atoms with Crippen molar-refractivity contribution < 1.29 is 4.74 Å². The van der Waals surface area contributed by atoms with Crippen molar-refractivity contribution in [1.82, 2.24) is 5.32 Å². The van der Waals surface area contributed by atoms with E-state index < -0.39 is 0 Å². The van der Waals surface area contributed by atoms with E-state index >= 15 is 0 Å². The molecule has 0 radical (unpaired) electrons. The largest absolute Gasteiger partial charge is 0.489 e. The molecule has 1 aliphatic rings. The number of benzene rings is 1. The summed E-state index contributed by atoms with van der Waals surface area (Å²) in [4.78, 5) is 0. The molecule has 1 N–H and O–H groups in total. The van der Waals surface area contributed by atoms with Crippen LogP contribution in [0.25, 0.3) is 0 Å². The van der Waals surface area contributed by atoms with Gasteiger partial charge in [0.15, 0.2) is 0 Å². The van der Waals surface area contributed by atoms with E-state index in [0.717, 1.165) is 24.6 Å². The van der Waals surface area contributed by atoms with Crippen LogP contribution in [-0.4, -0.2) is 18.7 Å². The number of ether oxygens (including phenoxy) is 1. The van der Waals surface area contributed by atoms with E-state index in [0.29, 0.717) is 12.1 Å². The highest BCUT2D eigenvalue weighted by Crippen LogP contribution is 2.30. The zero-order valence-corrected chi connectivity index (χ0v) is 13.4. The Balaban J connectivity index is 2.08. The van der Waals surface area contributed by atoms with Crippen molar-refractivity contribution in [1.29, 1.82) is 0 Å². The minimum Gasteiger partial charge on any atom is -0.489 e. The van der Waals surface area contributed by atoms with Crippen LogP contribution in [0.5, 0.6) is 5.75 Å². The molecule has 1 saturated carbocycles. The van der Waals surface area contributed by atoms with E-state index in [2.05, 4.69) is 51.2 Å². The molecule has 1 aromatic rings. The molecule has 2 nitrogen and oxygen atoms in total. The molecule has 112 valence electrons. The summed E-state index contributed by atoms with van der Waals surface area (Å²) >= 11 is 0. The number of rotatable bonds is 5. The minimum absolute atomic E-state index is 0.311. The summed E-state index contributed by atoms with van der Waals surface area (Å²) in [6.45, 7) is 9.96. The lowest BCUT2D eigenvalue weighted by Gasteiger charge is -2.36. The molecule has 0 aliphatic heterocycles. The van der Waals surface area contributed by atoms with Gasteiger partial charge in [0.1, 0.15) is 11.9 Å². The Morgan fingerprint density at radius 2 is 2.05 bits per heavy atom. The fourth-order valence-corrected chi connectivity index (χ4v) is 3.04. The highest BCUT2D eigenvalue weighted by molar-refractivity contribution is 5.38. The van der Waals surface area contributed by atoms with Crippen LogP contribution in [0.15, 0.2) is 18.2 Å². The quantitative estimate of drug-likeness (QED) is 0.868. The Labute approximate surface area is 123 Å². The van der Waals surface area contributed by atoms with Crippen LogP contribution >= 0.6 is 0 Å². The highest BCUT2D eigenvalue weighted by atomic mass is 16.5. The smallest absolute Gasteiger partial charge is 0.122 e. The van der Waals surface area contributed by atoms with Crippen molar-refractivity contribution in [3.63, 3.8) is 0 Å². The first-order chi connectivity index (χ1) is 9.61. The summed E-state index contributed by atoms with van der Waals surface area (Å²) < 4.78 is 6.38. The summed E-state index contributed by atoms with van der Waals surface area (Å²) in [5.41, 5.74) is 2.59. The standard InChI is InChI=1S/C18H29NO/c1-5-11-19-16-10-9-13(2)12-18(16)20-17-8-6-7-14(3)15(17)4/h6-8,13,16,18-19H,5,9-12H2,1-4H3. The first kappa shape index (κ1) is 15.4. The molecule has 0 saturated heterocycles. The second kappa shape index (κ2) is 7.12. The van der Waals surface area contributed by atoms with Crippen LogP contribution < -0.4 is 10.1 Å². The maximum absolute atomic E-state index is 6.38.